The van der Waals surface area contributed by atoms with Crippen molar-refractivity contribution in [2.75, 3.05) is 44.8 Å². The lowest BCUT2D eigenvalue weighted by molar-refractivity contribution is -0.385. The van der Waals surface area contributed by atoms with Gasteiger partial charge in [-0.2, -0.15) is 0 Å². The topological polar surface area (TPSA) is 325 Å². The zero-order valence-electron chi connectivity index (χ0n) is 63.0. The number of rotatable bonds is 18. The fourth-order valence-electron chi connectivity index (χ4n) is 10.3. The highest BCUT2D eigenvalue weighted by atomic mass is 79.9. The zero-order chi connectivity index (χ0) is 81.1. The van der Waals surface area contributed by atoms with Crippen LogP contribution < -0.4 is 46.5 Å². The molecule has 3 aromatic heterocycles. The Labute approximate surface area is 687 Å². The number of nitrogen functional groups attached to an aromatic ring is 2. The fourth-order valence-corrected chi connectivity index (χ4v) is 11.9. The largest absolute Gasteiger partial charge is 0.497 e. The number of aromatic amines is 1. The molecule has 0 saturated heterocycles. The molecule has 0 aliphatic carbocycles. The first-order chi connectivity index (χ1) is 52.7. The number of hydrogen-bond acceptors (Lipinski definition) is 18. The first-order valence-electron chi connectivity index (χ1n) is 34.5. The van der Waals surface area contributed by atoms with Gasteiger partial charge in [0.25, 0.3) is 11.4 Å². The predicted octanol–water partition coefficient (Wildman–Crippen LogP) is 17.4. The van der Waals surface area contributed by atoms with E-state index >= 15 is 0 Å². The molecule has 112 heavy (non-hydrogen) atoms. The monoisotopic (exact) mass is 1770 g/mol. The molecule has 1 aliphatic rings. The molecular weight excluding hydrogens is 1690 g/mol. The van der Waals surface area contributed by atoms with E-state index in [1.54, 1.807) is 97.6 Å². The van der Waals surface area contributed by atoms with Crippen LogP contribution in [0.3, 0.4) is 0 Å². The summed E-state index contributed by atoms with van der Waals surface area (Å²) in [5.41, 5.74) is 23.0. The summed E-state index contributed by atoms with van der Waals surface area (Å²) < 4.78 is 26.0. The summed E-state index contributed by atoms with van der Waals surface area (Å²) in [7, 11) is 11.9. The number of benzene rings is 9. The molecule has 0 saturated carbocycles. The van der Waals surface area contributed by atoms with Gasteiger partial charge in [0.15, 0.2) is 0 Å². The molecule has 0 unspecified atom stereocenters. The Kier molecular flexibility index (Phi) is 34.9. The Bertz CT molecular complexity index is 5070. The Morgan fingerprint density at radius 3 is 1.37 bits per heavy atom. The van der Waals surface area contributed by atoms with Crippen molar-refractivity contribution in [3.05, 3.63) is 312 Å². The second-order valence-corrected chi connectivity index (χ2v) is 29.8. The molecule has 584 valence electrons. The number of hydrogen-bond donors (Lipinski definition) is 5. The Hall–Kier alpha value is -10.6. The summed E-state index contributed by atoms with van der Waals surface area (Å²) >= 11 is 13.4. The van der Waals surface area contributed by atoms with Crippen LogP contribution in [0.2, 0.25) is 0 Å². The summed E-state index contributed by atoms with van der Waals surface area (Å²) in [5, 5.41) is 39.5. The SMILES string of the molecule is C.CC(C)(O)C(C)(C)O.COc1ccc(CCc2cc(Br)ccc2N)cc1.COc1ccc(CCc2cc(Br)ccc2[N+](=O)[O-])cc1.COc1ccc(CN2C(=O)Cc3ccc(Br)cc32)cc1.COc1ccc(Cn2c(=O)[nH]c3ccc(-c4cnc(C)nc4)cc32)cc1.Nc1cc(Br)ccc1[N+](=O)[O-].[B]c1cnc(C)nc1. The average molecular weight is 1780 g/mol. The number of fused-ring (bicyclic) bond motifs is 2. The van der Waals surface area contributed by atoms with Crippen LogP contribution >= 0.6 is 63.7 Å². The summed E-state index contributed by atoms with van der Waals surface area (Å²) in [5.74, 6) is 4.94. The third kappa shape index (κ3) is 28.0. The van der Waals surface area contributed by atoms with Gasteiger partial charge in [0.1, 0.15) is 48.2 Å². The first-order valence-corrected chi connectivity index (χ1v) is 37.7. The number of amides is 1. The van der Waals surface area contributed by atoms with Gasteiger partial charge in [-0.25, -0.2) is 24.7 Å². The number of nitro groups is 2. The molecule has 2 radical (unpaired) electrons. The van der Waals surface area contributed by atoms with Crippen molar-refractivity contribution in [1.82, 2.24) is 29.5 Å². The van der Waals surface area contributed by atoms with E-state index in [4.69, 9.17) is 48.5 Å². The van der Waals surface area contributed by atoms with E-state index < -0.39 is 16.1 Å². The molecule has 28 heteroatoms. The van der Waals surface area contributed by atoms with Crippen LogP contribution in [-0.4, -0.2) is 103 Å². The van der Waals surface area contributed by atoms with E-state index in [-0.39, 0.29) is 41.0 Å². The van der Waals surface area contributed by atoms with E-state index in [0.29, 0.717) is 31.4 Å². The molecule has 12 aromatic rings. The molecule has 1 aliphatic heterocycles. The second kappa shape index (κ2) is 43.3. The average Bonchev–Trinajstić information content (AvgIpc) is 1.64. The van der Waals surface area contributed by atoms with Gasteiger partial charge in [-0.3, -0.25) is 29.6 Å². The molecule has 9 aromatic carbocycles. The minimum Gasteiger partial charge on any atom is -0.497 e. The Balaban J connectivity index is 0.000000211. The number of nitrogens with zero attached hydrogens (tertiary/aromatic N) is 8. The number of aliphatic hydroxyl groups is 2. The third-order valence-corrected chi connectivity index (χ3v) is 19.4. The highest BCUT2D eigenvalue weighted by Gasteiger charge is 2.32. The van der Waals surface area contributed by atoms with Crippen LogP contribution in [0, 0.1) is 34.1 Å². The van der Waals surface area contributed by atoms with Gasteiger partial charge in [-0.1, -0.05) is 137 Å². The van der Waals surface area contributed by atoms with E-state index in [2.05, 4.69) is 107 Å². The van der Waals surface area contributed by atoms with Crippen molar-refractivity contribution < 1.29 is 43.8 Å². The second-order valence-electron chi connectivity index (χ2n) is 26.1. The number of anilines is 3. The van der Waals surface area contributed by atoms with Gasteiger partial charge in [0, 0.05) is 77.3 Å². The minimum atomic E-state index is -1.01. The minimum absolute atomic E-state index is 0. The molecule has 7 N–H and O–H groups in total. The smallest absolute Gasteiger partial charge is 0.326 e. The van der Waals surface area contributed by atoms with Crippen molar-refractivity contribution in [2.45, 2.75) is 105 Å². The lowest BCUT2D eigenvalue weighted by atomic mass is 9.90. The highest BCUT2D eigenvalue weighted by molar-refractivity contribution is 9.11. The van der Waals surface area contributed by atoms with Crippen molar-refractivity contribution in [2.24, 2.45) is 0 Å². The number of nitro benzene ring substituents is 2. The molecule has 0 atom stereocenters. The van der Waals surface area contributed by atoms with Crippen LogP contribution in [0.4, 0.5) is 28.4 Å². The van der Waals surface area contributed by atoms with Gasteiger partial charge in [-0.05, 0) is 221 Å². The van der Waals surface area contributed by atoms with Crippen LogP contribution in [0.15, 0.2) is 236 Å². The van der Waals surface area contributed by atoms with E-state index in [1.165, 1.54) is 29.3 Å². The van der Waals surface area contributed by atoms with Crippen LogP contribution in [0.1, 0.15) is 85.7 Å². The van der Waals surface area contributed by atoms with E-state index in [9.17, 15) is 29.8 Å². The van der Waals surface area contributed by atoms with Crippen molar-refractivity contribution in [3.63, 3.8) is 0 Å². The summed E-state index contributed by atoms with van der Waals surface area (Å²) in [6.07, 6.45) is 10.5. The van der Waals surface area contributed by atoms with Gasteiger partial charge in [-0.15, -0.1) is 0 Å². The number of imidazole rings is 1. The van der Waals surface area contributed by atoms with Crippen molar-refractivity contribution in [3.8, 4) is 34.1 Å². The molecular formula is C84H90BBr4N11O12. The van der Waals surface area contributed by atoms with E-state index in [0.717, 1.165) is 133 Å². The van der Waals surface area contributed by atoms with Gasteiger partial charge >= 0.3 is 5.69 Å². The fraction of sp³-hybridized carbons (Fsp3) is 0.238. The number of carbonyl (C=O) groups excluding carboxylic acids is 1. The maximum absolute atomic E-state index is 12.4. The maximum atomic E-state index is 12.4. The number of ether oxygens (including phenoxy) is 4. The van der Waals surface area contributed by atoms with Crippen LogP contribution in [0.5, 0.6) is 23.0 Å². The lowest BCUT2D eigenvalue weighted by Gasteiger charge is -2.31. The molecule has 13 rings (SSSR count). The van der Waals surface area contributed by atoms with E-state index in [1.807, 2.05) is 158 Å². The first kappa shape index (κ1) is 90.3. The molecule has 23 nitrogen and oxygen atoms in total. The summed E-state index contributed by atoms with van der Waals surface area (Å²) in [4.78, 5) is 65.9. The number of aromatic nitrogens is 6. The standard InChI is InChI=1S/C20H18N4O2.C16H14BrNO2.C15H14BrNO3.C15H16BrNO.C6H5BrN2O2.C6H14O2.C5H5BN2.CH4/c1-13-21-10-16(11-22-13)15-5-8-18-19(9-15)24(20(25)23-18)12-14-3-6-17(26-2)7-4-14;1-20-14-6-2-11(3-7-14)10-18-15-9-13(17)5-4-12(15)8-16(18)19;1-20-14-7-3-11(4-8-14)2-5-12-10-13(16)6-9-15(12)17(18)19;1-18-14-7-3-11(4-8-14)2-5-12-10-13(16)6-9-15(12)17;7-4-1-2-6(9(10)11)5(8)3-4;1-5(2,7)6(3,4)8;1-4-7-2-5(6)3-8-4;/h3-11H,12H2,1-2H3,(H,23,25);2-7,9H,8,10H2,1H3;3-4,6-10H,2,5H2,1H3;3-4,6-10H,2,5,17H2,1H3;1-3H,8H2;7-8H,1-4H3;2-3H,1H3;1H4. The van der Waals surface area contributed by atoms with Gasteiger partial charge in [0.05, 0.1) is 80.0 Å². The number of H-pyrrole nitrogens is 1. The predicted molar refractivity (Wildman–Crippen MR) is 459 cm³/mol. The number of aryl methyl sites for hydroxylation is 6. The number of carbonyl (C=O) groups is 1. The number of halogens is 4. The Morgan fingerprint density at radius 1 is 0.500 bits per heavy atom. The normalized spacial score (nSPS) is 11.1. The number of methoxy groups -OCH3 is 4. The Morgan fingerprint density at radius 2 is 0.911 bits per heavy atom. The van der Waals surface area contributed by atoms with Crippen molar-refractivity contribution >= 4 is 122 Å². The lowest BCUT2D eigenvalue weighted by Crippen LogP contribution is -2.44. The summed E-state index contributed by atoms with van der Waals surface area (Å²) in [6, 6.07) is 58.7. The number of nitrogens with one attached hydrogen (secondary N) is 1. The molecule has 1 amide bonds. The summed E-state index contributed by atoms with van der Waals surface area (Å²) in [6.45, 7) is 11.0. The molecule has 0 spiro atoms. The molecule has 0 bridgehead atoms. The van der Waals surface area contributed by atoms with Gasteiger partial charge in [0.2, 0.25) is 5.91 Å². The highest BCUT2D eigenvalue weighted by Crippen LogP contribution is 2.34. The zero-order valence-corrected chi connectivity index (χ0v) is 69.3. The van der Waals surface area contributed by atoms with Crippen LogP contribution in [-0.2, 0) is 50.0 Å². The van der Waals surface area contributed by atoms with Gasteiger partial charge < -0.3 is 50.5 Å². The maximum Gasteiger partial charge on any atom is 0.326 e. The molecule has 4 heterocycles. The molecule has 0 fully saturated rings. The third-order valence-electron chi connectivity index (χ3n) is 17.4. The number of nitrogens with two attached hydrogens (primary N) is 2. The quantitative estimate of drug-likeness (QED) is 0.0231. The van der Waals surface area contributed by atoms with Crippen molar-refractivity contribution in [1.29, 1.82) is 0 Å². The van der Waals surface area contributed by atoms with Crippen LogP contribution in [0.25, 0.3) is 22.2 Å².